The summed E-state index contributed by atoms with van der Waals surface area (Å²) in [5, 5.41) is 12.9. The number of hydrogen-bond acceptors (Lipinski definition) is 6. The summed E-state index contributed by atoms with van der Waals surface area (Å²) in [5.74, 6) is -0.0157. The van der Waals surface area contributed by atoms with Gasteiger partial charge in [-0.15, -0.1) is 0 Å². The third kappa shape index (κ3) is 3.11. The minimum atomic E-state index is -0.833. The Hall–Kier alpha value is -3.06. The van der Waals surface area contributed by atoms with Crippen molar-refractivity contribution in [2.75, 3.05) is 35.3 Å². The number of aromatic nitrogens is 2. The molecule has 7 nitrogen and oxygen atoms in total. The van der Waals surface area contributed by atoms with Crippen LogP contribution in [0.4, 0.5) is 11.5 Å². The zero-order valence-corrected chi connectivity index (χ0v) is 16.6. The Labute approximate surface area is 169 Å². The molecule has 5 rings (SSSR count). The largest absolute Gasteiger partial charge is 0.364 e. The van der Waals surface area contributed by atoms with Gasteiger partial charge in [0.2, 0.25) is 11.5 Å². The summed E-state index contributed by atoms with van der Waals surface area (Å²) in [6, 6.07) is 16.5. The van der Waals surface area contributed by atoms with Gasteiger partial charge in [-0.1, -0.05) is 30.3 Å². The van der Waals surface area contributed by atoms with Crippen LogP contribution in [-0.2, 0) is 11.2 Å². The number of nitrogens with one attached hydrogen (secondary N) is 3. The first-order chi connectivity index (χ1) is 14.2. The third-order valence-corrected chi connectivity index (χ3v) is 5.69. The maximum absolute atomic E-state index is 8.39. The zero-order chi connectivity index (χ0) is 19.8. The van der Waals surface area contributed by atoms with Crippen LogP contribution in [0.15, 0.2) is 48.5 Å². The van der Waals surface area contributed by atoms with Gasteiger partial charge < -0.3 is 15.0 Å². The molecule has 0 spiro atoms. The Morgan fingerprint density at radius 1 is 1.14 bits per heavy atom. The molecule has 0 saturated carbocycles. The van der Waals surface area contributed by atoms with E-state index in [0.717, 1.165) is 36.1 Å². The van der Waals surface area contributed by atoms with Crippen LogP contribution >= 0.6 is 0 Å². The highest BCUT2D eigenvalue weighted by Gasteiger charge is 2.41. The lowest BCUT2D eigenvalue weighted by molar-refractivity contribution is 0.00856. The molecule has 0 saturated heterocycles. The average Bonchev–Trinajstić information content (AvgIpc) is 2.99. The Morgan fingerprint density at radius 2 is 1.97 bits per heavy atom. The van der Waals surface area contributed by atoms with Crippen LogP contribution in [0.5, 0.6) is 0 Å². The van der Waals surface area contributed by atoms with Crippen molar-refractivity contribution >= 4 is 22.4 Å². The molecule has 0 fully saturated rings. The van der Waals surface area contributed by atoms with Gasteiger partial charge in [0.1, 0.15) is 5.82 Å². The van der Waals surface area contributed by atoms with Crippen molar-refractivity contribution in [1.82, 2.24) is 9.66 Å². The molecule has 2 aromatic carbocycles. The molecule has 0 radical (unpaired) electrons. The van der Waals surface area contributed by atoms with Crippen molar-refractivity contribution in [2.24, 2.45) is 0 Å². The maximum Gasteiger partial charge on any atom is 0.250 e. The molecule has 1 atom stereocenters. The van der Waals surface area contributed by atoms with Crippen molar-refractivity contribution in [1.29, 1.82) is 5.41 Å². The lowest BCUT2D eigenvalue weighted by Crippen LogP contribution is -2.56. The highest BCUT2D eigenvalue weighted by atomic mass is 16.5. The molecular weight excluding hydrogens is 364 g/mol. The van der Waals surface area contributed by atoms with Gasteiger partial charge in [-0.25, -0.2) is 9.66 Å². The number of aryl methyl sites for hydroxylation is 1. The van der Waals surface area contributed by atoms with Gasteiger partial charge in [0.25, 0.3) is 0 Å². The monoisotopic (exact) mass is 390 g/mol. The van der Waals surface area contributed by atoms with Gasteiger partial charge in [-0.2, -0.15) is 0 Å². The summed E-state index contributed by atoms with van der Waals surface area (Å²) in [5.41, 5.74) is 7.00. The van der Waals surface area contributed by atoms with Crippen LogP contribution in [0.3, 0.4) is 0 Å². The summed E-state index contributed by atoms with van der Waals surface area (Å²) in [6.45, 7) is 4.13. The fourth-order valence-electron chi connectivity index (χ4n) is 4.43. The highest BCUT2D eigenvalue weighted by molar-refractivity contribution is 5.90. The quantitative estimate of drug-likeness (QED) is 0.638. The van der Waals surface area contributed by atoms with E-state index < -0.39 is 5.85 Å². The molecule has 1 aromatic heterocycles. The van der Waals surface area contributed by atoms with Crippen molar-refractivity contribution in [2.45, 2.75) is 32.0 Å². The van der Waals surface area contributed by atoms with E-state index in [1.165, 1.54) is 17.7 Å². The summed E-state index contributed by atoms with van der Waals surface area (Å²) in [6.07, 6.45) is 3.44. The van der Waals surface area contributed by atoms with Gasteiger partial charge in [0.05, 0.1) is 12.1 Å². The Morgan fingerprint density at radius 3 is 2.86 bits per heavy atom. The Balaban J connectivity index is 1.55. The average molecular weight is 390 g/mol. The topological polar surface area (TPSA) is 78.2 Å². The molecule has 29 heavy (non-hydrogen) atoms. The molecule has 0 bridgehead atoms. The fraction of sp³-hybridized carbons (Fsp3) is 0.364. The van der Waals surface area contributed by atoms with Gasteiger partial charge >= 0.3 is 0 Å². The first-order valence-electron chi connectivity index (χ1n) is 10.3. The molecule has 0 aliphatic carbocycles. The molecule has 150 valence electrons. The molecule has 3 aromatic rings. The normalized spacial score (nSPS) is 20.5. The number of hydrogen-bond donors (Lipinski definition) is 3. The molecule has 3 N–H and O–H groups in total. The van der Waals surface area contributed by atoms with E-state index in [0.29, 0.717) is 13.2 Å². The SMILES string of the molecule is CCOC1(CN2CCCCc3ccccc32)Nc2c3ccccc3nc(=N)n2N1. The predicted molar refractivity (Wildman–Crippen MR) is 115 cm³/mol. The van der Waals surface area contributed by atoms with Crippen LogP contribution in [0, 0.1) is 5.41 Å². The number of rotatable bonds is 4. The van der Waals surface area contributed by atoms with E-state index in [1.54, 1.807) is 4.68 Å². The van der Waals surface area contributed by atoms with E-state index in [-0.39, 0.29) is 5.62 Å². The van der Waals surface area contributed by atoms with E-state index in [9.17, 15) is 0 Å². The van der Waals surface area contributed by atoms with Crippen molar-refractivity contribution in [3.8, 4) is 0 Å². The van der Waals surface area contributed by atoms with E-state index in [1.807, 2.05) is 31.2 Å². The second-order valence-electron chi connectivity index (χ2n) is 7.64. The van der Waals surface area contributed by atoms with Crippen LogP contribution in [0.25, 0.3) is 10.9 Å². The Kier molecular flexibility index (Phi) is 4.39. The van der Waals surface area contributed by atoms with Gasteiger partial charge in [-0.3, -0.25) is 10.8 Å². The highest BCUT2D eigenvalue weighted by Crippen LogP contribution is 2.32. The molecule has 0 amide bonds. The zero-order valence-electron chi connectivity index (χ0n) is 16.6. The van der Waals surface area contributed by atoms with Gasteiger partial charge in [0.15, 0.2) is 0 Å². The van der Waals surface area contributed by atoms with Crippen LogP contribution in [0.2, 0.25) is 0 Å². The van der Waals surface area contributed by atoms with Gasteiger partial charge in [0, 0.05) is 24.2 Å². The smallest absolute Gasteiger partial charge is 0.250 e. The number of fused-ring (bicyclic) bond motifs is 4. The first-order valence-corrected chi connectivity index (χ1v) is 10.3. The van der Waals surface area contributed by atoms with Crippen molar-refractivity contribution in [3.63, 3.8) is 0 Å². The second kappa shape index (κ2) is 7.08. The first kappa shape index (κ1) is 18.0. The minimum Gasteiger partial charge on any atom is -0.364 e. The number of benzene rings is 2. The van der Waals surface area contributed by atoms with E-state index in [4.69, 9.17) is 10.1 Å². The summed E-state index contributed by atoms with van der Waals surface area (Å²) >= 11 is 0. The predicted octanol–water partition coefficient (Wildman–Crippen LogP) is 3.02. The van der Waals surface area contributed by atoms with Crippen LogP contribution < -0.4 is 21.3 Å². The summed E-state index contributed by atoms with van der Waals surface area (Å²) in [4.78, 5) is 6.82. The van der Waals surface area contributed by atoms with E-state index in [2.05, 4.69) is 44.9 Å². The summed E-state index contributed by atoms with van der Waals surface area (Å²) < 4.78 is 7.94. The lowest BCUT2D eigenvalue weighted by atomic mass is 10.1. The number of para-hydroxylation sites is 2. The Bertz CT molecular complexity index is 1110. The van der Waals surface area contributed by atoms with Crippen LogP contribution in [0.1, 0.15) is 25.3 Å². The molecule has 3 heterocycles. The number of anilines is 2. The number of ether oxygens (including phenoxy) is 1. The van der Waals surface area contributed by atoms with Crippen molar-refractivity contribution < 1.29 is 4.74 Å². The van der Waals surface area contributed by atoms with Gasteiger partial charge in [-0.05, 0) is 49.9 Å². The third-order valence-electron chi connectivity index (χ3n) is 5.69. The molecule has 2 aliphatic heterocycles. The molecule has 2 aliphatic rings. The molecule has 7 heteroatoms. The summed E-state index contributed by atoms with van der Waals surface area (Å²) in [7, 11) is 0. The fourth-order valence-corrected chi connectivity index (χ4v) is 4.43. The van der Waals surface area contributed by atoms with E-state index >= 15 is 0 Å². The second-order valence-corrected chi connectivity index (χ2v) is 7.64. The lowest BCUT2D eigenvalue weighted by Gasteiger charge is -2.36. The maximum atomic E-state index is 8.39. The molecule has 1 unspecified atom stereocenters. The minimum absolute atomic E-state index is 0.157. The number of nitrogens with zero attached hydrogens (tertiary/aromatic N) is 3. The van der Waals surface area contributed by atoms with Crippen LogP contribution in [-0.4, -0.2) is 35.2 Å². The molecular formula is C22H26N6O. The van der Waals surface area contributed by atoms with Crippen molar-refractivity contribution in [3.05, 3.63) is 59.7 Å². The standard InChI is InChI=1S/C22H26N6O/c1-2-29-22(15-27-14-8-7-10-16-9-3-6-13-19(16)27)25-20-17-11-4-5-12-18(17)24-21(23)28(20)26-22/h3-6,9,11-13,23,25-26H,2,7-8,10,14-15H2,1H3.